The Kier molecular flexibility index (Phi) is 2.05. The molecule has 0 spiro atoms. The third-order valence-electron chi connectivity index (χ3n) is 1.42. The molecule has 0 radical (unpaired) electrons. The van der Waals surface area contributed by atoms with Gasteiger partial charge in [0.1, 0.15) is 0 Å². The molecular formula is C5H11OPS. The van der Waals surface area contributed by atoms with Crippen molar-refractivity contribution in [2.75, 3.05) is 30.5 Å². The maximum absolute atomic E-state index is 11.2. The molecule has 0 bridgehead atoms. The maximum atomic E-state index is 11.2. The zero-order valence-electron chi connectivity index (χ0n) is 5.09. The van der Waals surface area contributed by atoms with E-state index in [-0.39, 0.29) is 0 Å². The van der Waals surface area contributed by atoms with Gasteiger partial charge in [0, 0.05) is 23.8 Å². The molecule has 0 atom stereocenters. The van der Waals surface area contributed by atoms with E-state index in [1.807, 2.05) is 18.4 Å². The standard InChI is InChI=1S/C5H11OPS/c1-7(6)2-4-8-5-3-7/h2-5H2,1H3. The Bertz CT molecular complexity index is 114. The van der Waals surface area contributed by atoms with Crippen molar-refractivity contribution in [2.24, 2.45) is 0 Å². The van der Waals surface area contributed by atoms with Crippen molar-refractivity contribution in [3.63, 3.8) is 0 Å². The van der Waals surface area contributed by atoms with E-state index in [2.05, 4.69) is 0 Å². The van der Waals surface area contributed by atoms with Crippen molar-refractivity contribution >= 4 is 18.9 Å². The van der Waals surface area contributed by atoms with Crippen LogP contribution in [-0.4, -0.2) is 30.5 Å². The Morgan fingerprint density at radius 1 is 1.38 bits per heavy atom. The fourth-order valence-corrected chi connectivity index (χ4v) is 5.28. The summed E-state index contributed by atoms with van der Waals surface area (Å²) in [6.07, 6.45) is 1.94. The van der Waals surface area contributed by atoms with Gasteiger partial charge in [0.25, 0.3) is 0 Å². The molecule has 8 heavy (non-hydrogen) atoms. The van der Waals surface area contributed by atoms with E-state index in [4.69, 9.17) is 0 Å². The molecule has 1 aliphatic heterocycles. The summed E-state index contributed by atoms with van der Waals surface area (Å²) in [4.78, 5) is 0. The second kappa shape index (κ2) is 2.45. The van der Waals surface area contributed by atoms with Crippen LogP contribution in [0.5, 0.6) is 0 Å². The summed E-state index contributed by atoms with van der Waals surface area (Å²) in [7, 11) is -1.61. The highest BCUT2D eigenvalue weighted by atomic mass is 32.2. The largest absolute Gasteiger partial charge is 0.324 e. The SMILES string of the molecule is CP1(=O)CCSCC1. The fourth-order valence-electron chi connectivity index (χ4n) is 0.729. The van der Waals surface area contributed by atoms with Crippen LogP contribution in [0.4, 0.5) is 0 Å². The molecule has 1 saturated heterocycles. The van der Waals surface area contributed by atoms with Crippen molar-refractivity contribution in [1.82, 2.24) is 0 Å². The zero-order valence-corrected chi connectivity index (χ0v) is 6.80. The summed E-state index contributed by atoms with van der Waals surface area (Å²) in [6, 6.07) is 0. The monoisotopic (exact) mass is 150 g/mol. The normalized spacial score (nSPS) is 27.6. The quantitative estimate of drug-likeness (QED) is 0.489. The Hall–Kier alpha value is 0.580. The van der Waals surface area contributed by atoms with Crippen LogP contribution in [-0.2, 0) is 4.57 Å². The maximum Gasteiger partial charge on any atom is 0.0864 e. The minimum Gasteiger partial charge on any atom is -0.324 e. The summed E-state index contributed by atoms with van der Waals surface area (Å²) >= 11 is 1.92. The van der Waals surface area contributed by atoms with Gasteiger partial charge in [-0.2, -0.15) is 11.8 Å². The lowest BCUT2D eigenvalue weighted by atomic mass is 10.9. The number of rotatable bonds is 0. The highest BCUT2D eigenvalue weighted by molar-refractivity contribution is 8.00. The third-order valence-corrected chi connectivity index (χ3v) is 5.35. The highest BCUT2D eigenvalue weighted by Gasteiger charge is 2.18. The molecule has 0 N–H and O–H groups in total. The van der Waals surface area contributed by atoms with Gasteiger partial charge >= 0.3 is 0 Å². The summed E-state index contributed by atoms with van der Waals surface area (Å²) in [5.74, 6) is 2.24. The second-order valence-electron chi connectivity index (χ2n) is 2.36. The average molecular weight is 150 g/mol. The molecule has 0 saturated carbocycles. The summed E-state index contributed by atoms with van der Waals surface area (Å²) in [5, 5.41) is 0. The fraction of sp³-hybridized carbons (Fsp3) is 1.00. The first kappa shape index (κ1) is 6.70. The van der Waals surface area contributed by atoms with E-state index in [0.717, 1.165) is 23.8 Å². The van der Waals surface area contributed by atoms with Crippen molar-refractivity contribution in [3.8, 4) is 0 Å². The van der Waals surface area contributed by atoms with E-state index in [9.17, 15) is 4.57 Å². The van der Waals surface area contributed by atoms with E-state index >= 15 is 0 Å². The predicted octanol–water partition coefficient (Wildman–Crippen LogP) is 1.73. The van der Waals surface area contributed by atoms with Gasteiger partial charge in [0.2, 0.25) is 0 Å². The summed E-state index contributed by atoms with van der Waals surface area (Å²) in [5.41, 5.74) is 0. The van der Waals surface area contributed by atoms with Gasteiger partial charge in [0.15, 0.2) is 0 Å². The lowest BCUT2D eigenvalue weighted by Gasteiger charge is -2.16. The van der Waals surface area contributed by atoms with Crippen molar-refractivity contribution in [2.45, 2.75) is 0 Å². The molecule has 1 aliphatic rings. The molecule has 0 aromatic carbocycles. The first-order valence-corrected chi connectivity index (χ1v) is 6.52. The van der Waals surface area contributed by atoms with Crippen molar-refractivity contribution in [1.29, 1.82) is 0 Å². The van der Waals surface area contributed by atoms with Crippen LogP contribution in [0, 0.1) is 0 Å². The summed E-state index contributed by atoms with van der Waals surface area (Å²) < 4.78 is 11.2. The molecule has 1 rings (SSSR count). The molecule has 0 aromatic rings. The molecule has 1 heterocycles. The minimum absolute atomic E-state index is 0.970. The molecule has 0 aromatic heterocycles. The average Bonchev–Trinajstić information content (AvgIpc) is 1.65. The van der Waals surface area contributed by atoms with Crippen LogP contribution >= 0.6 is 18.9 Å². The Balaban J connectivity index is 2.45. The van der Waals surface area contributed by atoms with Crippen LogP contribution in [0.2, 0.25) is 0 Å². The number of hydrogen-bond acceptors (Lipinski definition) is 2. The zero-order chi connectivity index (χ0) is 6.04. The molecule has 0 unspecified atom stereocenters. The van der Waals surface area contributed by atoms with Gasteiger partial charge in [-0.05, 0) is 6.66 Å². The minimum atomic E-state index is -1.61. The van der Waals surface area contributed by atoms with Crippen LogP contribution in [0.3, 0.4) is 0 Å². The number of thioether (sulfide) groups is 1. The Morgan fingerprint density at radius 3 is 2.12 bits per heavy atom. The van der Waals surface area contributed by atoms with Gasteiger partial charge in [-0.25, -0.2) is 0 Å². The van der Waals surface area contributed by atoms with E-state index in [0.29, 0.717) is 0 Å². The first-order valence-electron chi connectivity index (χ1n) is 2.84. The Labute approximate surface area is 54.6 Å². The van der Waals surface area contributed by atoms with Crippen LogP contribution in [0.15, 0.2) is 0 Å². The van der Waals surface area contributed by atoms with Crippen LogP contribution < -0.4 is 0 Å². The molecule has 1 fully saturated rings. The highest BCUT2D eigenvalue weighted by Crippen LogP contribution is 2.44. The third kappa shape index (κ3) is 1.83. The molecular weight excluding hydrogens is 139 g/mol. The molecule has 0 aliphatic carbocycles. The number of hydrogen-bond donors (Lipinski definition) is 0. The molecule has 0 amide bonds. The van der Waals surface area contributed by atoms with Gasteiger partial charge < -0.3 is 4.57 Å². The molecule has 1 nitrogen and oxygen atoms in total. The van der Waals surface area contributed by atoms with Crippen LogP contribution in [0.1, 0.15) is 0 Å². The molecule has 3 heteroatoms. The van der Waals surface area contributed by atoms with Gasteiger partial charge in [-0.3, -0.25) is 0 Å². The molecule has 48 valence electrons. The topological polar surface area (TPSA) is 17.1 Å². The van der Waals surface area contributed by atoms with E-state index in [1.54, 1.807) is 0 Å². The van der Waals surface area contributed by atoms with Gasteiger partial charge in [-0.1, -0.05) is 0 Å². The van der Waals surface area contributed by atoms with Crippen molar-refractivity contribution < 1.29 is 4.57 Å². The van der Waals surface area contributed by atoms with Gasteiger partial charge in [0.05, 0.1) is 7.14 Å². The predicted molar refractivity (Wildman–Crippen MR) is 40.6 cm³/mol. The van der Waals surface area contributed by atoms with Crippen molar-refractivity contribution in [3.05, 3.63) is 0 Å². The lowest BCUT2D eigenvalue weighted by molar-refractivity contribution is 0.580. The lowest BCUT2D eigenvalue weighted by Crippen LogP contribution is -2.05. The second-order valence-corrected chi connectivity index (χ2v) is 7.07. The van der Waals surface area contributed by atoms with E-state index < -0.39 is 7.14 Å². The first-order chi connectivity index (χ1) is 3.71. The van der Waals surface area contributed by atoms with Crippen LogP contribution in [0.25, 0.3) is 0 Å². The van der Waals surface area contributed by atoms with Gasteiger partial charge in [-0.15, -0.1) is 0 Å². The van der Waals surface area contributed by atoms with E-state index in [1.165, 1.54) is 0 Å². The summed E-state index contributed by atoms with van der Waals surface area (Å²) in [6.45, 7) is 1.92. The smallest absolute Gasteiger partial charge is 0.0864 e. The Morgan fingerprint density at radius 2 is 1.88 bits per heavy atom.